The predicted molar refractivity (Wildman–Crippen MR) is 128 cm³/mol. The summed E-state index contributed by atoms with van der Waals surface area (Å²) in [5.41, 5.74) is -0.0469. The van der Waals surface area contributed by atoms with Crippen molar-refractivity contribution in [3.05, 3.63) is 71.8 Å². The molecule has 3 aromatic rings. The fourth-order valence-electron chi connectivity index (χ4n) is 4.78. The van der Waals surface area contributed by atoms with Crippen LogP contribution in [-0.4, -0.2) is 55.1 Å². The molecule has 2 saturated heterocycles. The summed E-state index contributed by atoms with van der Waals surface area (Å²) < 4.78 is 56.6. The van der Waals surface area contributed by atoms with E-state index in [1.54, 1.807) is 30.3 Å². The minimum Gasteiger partial charge on any atom is -0.457 e. The number of carbonyl (C=O) groups excluding carboxylic acids is 1. The van der Waals surface area contributed by atoms with E-state index in [-0.39, 0.29) is 18.0 Å². The van der Waals surface area contributed by atoms with Crippen molar-refractivity contribution in [3.63, 3.8) is 0 Å². The molecule has 0 radical (unpaired) electrons. The van der Waals surface area contributed by atoms with Crippen molar-refractivity contribution in [2.75, 3.05) is 39.4 Å². The van der Waals surface area contributed by atoms with Gasteiger partial charge in [0.05, 0.1) is 5.56 Å². The Labute approximate surface area is 202 Å². The van der Waals surface area contributed by atoms with E-state index in [0.717, 1.165) is 36.0 Å². The van der Waals surface area contributed by atoms with Crippen LogP contribution in [0.15, 0.2) is 60.7 Å². The van der Waals surface area contributed by atoms with Crippen molar-refractivity contribution >= 4 is 16.7 Å². The molecule has 2 aliphatic heterocycles. The van der Waals surface area contributed by atoms with Gasteiger partial charge in [-0.1, -0.05) is 26.0 Å². The predicted octanol–water partition coefficient (Wildman–Crippen LogP) is 6.40. The third kappa shape index (κ3) is 5.12. The van der Waals surface area contributed by atoms with Crippen LogP contribution in [0, 0.1) is 5.41 Å². The van der Waals surface area contributed by atoms with Gasteiger partial charge >= 0.3 is 6.18 Å². The number of hydrogen-bond acceptors (Lipinski definition) is 3. The SMILES string of the molecule is CC.O=C(c1ccc2c(Oc3ccc(C(F)(F)F)cc3)cccc2c1)N1CC2(CN(CCF)C2)C1. The Morgan fingerprint density at radius 2 is 1.66 bits per heavy atom. The highest BCUT2D eigenvalue weighted by atomic mass is 19.4. The van der Waals surface area contributed by atoms with Crippen LogP contribution in [0.2, 0.25) is 0 Å². The van der Waals surface area contributed by atoms with Gasteiger partial charge in [-0.3, -0.25) is 9.69 Å². The van der Waals surface area contributed by atoms with E-state index in [9.17, 15) is 22.4 Å². The Kier molecular flexibility index (Phi) is 7.03. The third-order valence-electron chi connectivity index (χ3n) is 6.36. The standard InChI is InChI=1S/C25H22F4N2O2.C2H6/c26-10-11-30-13-24(14-30)15-31(16-24)23(32)18-4-9-21-17(12-18)2-1-3-22(21)33-20-7-5-19(6-8-20)25(27,28)29;1-2/h1-9,12H,10-11,13-16H2;1-2H3. The number of rotatable bonds is 5. The van der Waals surface area contributed by atoms with E-state index < -0.39 is 11.7 Å². The summed E-state index contributed by atoms with van der Waals surface area (Å²) in [4.78, 5) is 16.8. The average molecular weight is 489 g/mol. The van der Waals surface area contributed by atoms with Gasteiger partial charge in [0.2, 0.25) is 0 Å². The molecule has 8 heteroatoms. The summed E-state index contributed by atoms with van der Waals surface area (Å²) in [5.74, 6) is 0.751. The lowest BCUT2D eigenvalue weighted by atomic mass is 9.72. The molecule has 2 fully saturated rings. The van der Waals surface area contributed by atoms with Gasteiger partial charge in [0.25, 0.3) is 5.91 Å². The van der Waals surface area contributed by atoms with Crippen LogP contribution in [0.4, 0.5) is 17.6 Å². The van der Waals surface area contributed by atoms with E-state index in [1.165, 1.54) is 12.1 Å². The quantitative estimate of drug-likeness (QED) is 0.390. The molecule has 186 valence electrons. The molecule has 0 aromatic heterocycles. The first-order valence-electron chi connectivity index (χ1n) is 11.7. The highest BCUT2D eigenvalue weighted by Gasteiger charge is 2.52. The number of ether oxygens (including phenoxy) is 1. The lowest BCUT2D eigenvalue weighted by Crippen LogP contribution is -2.72. The van der Waals surface area contributed by atoms with Crippen LogP contribution in [0.3, 0.4) is 0 Å². The zero-order valence-electron chi connectivity index (χ0n) is 19.7. The lowest BCUT2D eigenvalue weighted by molar-refractivity contribution is -0.137. The summed E-state index contributed by atoms with van der Waals surface area (Å²) in [6.45, 7) is 7.15. The van der Waals surface area contributed by atoms with Crippen molar-refractivity contribution in [2.45, 2.75) is 20.0 Å². The van der Waals surface area contributed by atoms with Gasteiger partial charge in [-0.2, -0.15) is 13.2 Å². The molecule has 1 spiro atoms. The maximum atomic E-state index is 12.9. The minimum atomic E-state index is -4.40. The average Bonchev–Trinajstić information content (AvgIpc) is 2.80. The molecule has 0 aliphatic carbocycles. The molecule has 5 rings (SSSR count). The molecule has 0 saturated carbocycles. The number of fused-ring (bicyclic) bond motifs is 1. The second kappa shape index (κ2) is 9.85. The fourth-order valence-corrected chi connectivity index (χ4v) is 4.78. The van der Waals surface area contributed by atoms with Crippen LogP contribution < -0.4 is 4.74 Å². The summed E-state index contributed by atoms with van der Waals surface area (Å²) >= 11 is 0. The molecule has 0 atom stereocenters. The Hall–Kier alpha value is -3.13. The molecule has 0 bridgehead atoms. The van der Waals surface area contributed by atoms with Gasteiger partial charge in [-0.05, 0) is 53.9 Å². The number of alkyl halides is 4. The number of amides is 1. The first-order valence-corrected chi connectivity index (χ1v) is 11.7. The molecule has 3 aromatic carbocycles. The Bertz CT molecular complexity index is 1180. The van der Waals surface area contributed by atoms with E-state index in [0.29, 0.717) is 36.7 Å². The van der Waals surface area contributed by atoms with Crippen molar-refractivity contribution in [2.24, 2.45) is 5.41 Å². The molecule has 2 aliphatic rings. The Balaban J connectivity index is 0.00000141. The third-order valence-corrected chi connectivity index (χ3v) is 6.36. The molecule has 4 nitrogen and oxygen atoms in total. The molecule has 2 heterocycles. The van der Waals surface area contributed by atoms with Crippen LogP contribution >= 0.6 is 0 Å². The smallest absolute Gasteiger partial charge is 0.416 e. The monoisotopic (exact) mass is 488 g/mol. The normalized spacial score (nSPS) is 16.8. The second-order valence-electron chi connectivity index (χ2n) is 8.88. The largest absolute Gasteiger partial charge is 0.457 e. The number of benzene rings is 3. The van der Waals surface area contributed by atoms with E-state index in [2.05, 4.69) is 4.90 Å². The van der Waals surface area contributed by atoms with Crippen LogP contribution in [-0.2, 0) is 6.18 Å². The van der Waals surface area contributed by atoms with Crippen molar-refractivity contribution in [1.82, 2.24) is 9.80 Å². The highest BCUT2D eigenvalue weighted by molar-refractivity contribution is 6.00. The van der Waals surface area contributed by atoms with Crippen LogP contribution in [0.25, 0.3) is 10.8 Å². The summed E-state index contributed by atoms with van der Waals surface area (Å²) in [6, 6.07) is 15.3. The molecule has 1 amide bonds. The first-order chi connectivity index (χ1) is 16.8. The van der Waals surface area contributed by atoms with Gasteiger partial charge in [-0.25, -0.2) is 4.39 Å². The van der Waals surface area contributed by atoms with Gasteiger partial charge in [0.15, 0.2) is 0 Å². The first kappa shape index (κ1) is 25.0. The Morgan fingerprint density at radius 1 is 0.971 bits per heavy atom. The number of hydrogen-bond donors (Lipinski definition) is 0. The number of carbonyl (C=O) groups is 1. The van der Waals surface area contributed by atoms with Gasteiger partial charge in [-0.15, -0.1) is 0 Å². The maximum absolute atomic E-state index is 12.9. The number of halogens is 4. The fraction of sp³-hybridized carbons (Fsp3) is 0.370. The summed E-state index contributed by atoms with van der Waals surface area (Å²) in [6.07, 6.45) is -4.40. The van der Waals surface area contributed by atoms with E-state index >= 15 is 0 Å². The topological polar surface area (TPSA) is 32.8 Å². The molecular formula is C27H28F4N2O2. The summed E-state index contributed by atoms with van der Waals surface area (Å²) in [5, 5.41) is 1.56. The molecule has 35 heavy (non-hydrogen) atoms. The zero-order chi connectivity index (χ0) is 25.2. The number of likely N-dealkylation sites (tertiary alicyclic amines) is 2. The van der Waals surface area contributed by atoms with Crippen LogP contribution in [0.5, 0.6) is 11.5 Å². The van der Waals surface area contributed by atoms with Crippen LogP contribution in [0.1, 0.15) is 29.8 Å². The molecule has 0 unspecified atom stereocenters. The van der Waals surface area contributed by atoms with Crippen molar-refractivity contribution in [1.29, 1.82) is 0 Å². The van der Waals surface area contributed by atoms with Crippen molar-refractivity contribution in [3.8, 4) is 11.5 Å². The van der Waals surface area contributed by atoms with Gasteiger partial charge in [0, 0.05) is 49.1 Å². The molecule has 0 N–H and O–H groups in total. The molecular weight excluding hydrogens is 460 g/mol. The highest BCUT2D eigenvalue weighted by Crippen LogP contribution is 2.40. The lowest BCUT2D eigenvalue weighted by Gasteiger charge is -2.60. The number of nitrogens with zero attached hydrogens (tertiary/aromatic N) is 2. The Morgan fingerprint density at radius 3 is 2.29 bits per heavy atom. The van der Waals surface area contributed by atoms with Gasteiger partial charge < -0.3 is 9.64 Å². The van der Waals surface area contributed by atoms with E-state index in [1.807, 2.05) is 24.8 Å². The maximum Gasteiger partial charge on any atom is 0.416 e. The van der Waals surface area contributed by atoms with Crippen molar-refractivity contribution < 1.29 is 27.1 Å². The van der Waals surface area contributed by atoms with E-state index in [4.69, 9.17) is 4.74 Å². The summed E-state index contributed by atoms with van der Waals surface area (Å²) in [7, 11) is 0. The second-order valence-corrected chi connectivity index (χ2v) is 8.88. The van der Waals surface area contributed by atoms with Gasteiger partial charge in [0.1, 0.15) is 18.2 Å². The minimum absolute atomic E-state index is 0.0412. The zero-order valence-corrected chi connectivity index (χ0v) is 19.7.